The average Bonchev–Trinajstić information content (AvgIpc) is 2.37. The van der Waals surface area contributed by atoms with Crippen LogP contribution in [-0.2, 0) is 11.2 Å². The lowest BCUT2D eigenvalue weighted by Crippen LogP contribution is -2.14. The van der Waals surface area contributed by atoms with Gasteiger partial charge < -0.3 is 5.11 Å². The van der Waals surface area contributed by atoms with Crippen LogP contribution in [0.25, 0.3) is 11.3 Å². The zero-order chi connectivity index (χ0) is 14.7. The SMILES string of the molecule is Cc1cc(-c2cccc(Br)c2)nc(CC(C)C(=O)O)n1. The van der Waals surface area contributed by atoms with Crippen molar-refractivity contribution in [3.63, 3.8) is 0 Å². The number of aryl methyl sites for hydroxylation is 1. The van der Waals surface area contributed by atoms with Gasteiger partial charge in [0.2, 0.25) is 0 Å². The van der Waals surface area contributed by atoms with Gasteiger partial charge in [-0.3, -0.25) is 4.79 Å². The molecule has 20 heavy (non-hydrogen) atoms. The number of nitrogens with zero attached hydrogens (tertiary/aromatic N) is 2. The molecule has 0 spiro atoms. The van der Waals surface area contributed by atoms with Crippen molar-refractivity contribution in [2.75, 3.05) is 0 Å². The summed E-state index contributed by atoms with van der Waals surface area (Å²) in [6.45, 7) is 3.55. The van der Waals surface area contributed by atoms with E-state index in [1.54, 1.807) is 6.92 Å². The van der Waals surface area contributed by atoms with Crippen LogP contribution in [0.5, 0.6) is 0 Å². The Kier molecular flexibility index (Phi) is 4.49. The molecule has 1 unspecified atom stereocenters. The molecule has 0 aliphatic heterocycles. The predicted octanol–water partition coefficient (Wildman–Crippen LogP) is 3.48. The van der Waals surface area contributed by atoms with Crippen molar-refractivity contribution in [1.29, 1.82) is 0 Å². The van der Waals surface area contributed by atoms with Crippen LogP contribution in [0, 0.1) is 12.8 Å². The molecule has 2 rings (SSSR count). The van der Waals surface area contributed by atoms with Gasteiger partial charge in [0, 0.05) is 22.2 Å². The molecule has 0 saturated heterocycles. The summed E-state index contributed by atoms with van der Waals surface area (Å²) < 4.78 is 0.978. The summed E-state index contributed by atoms with van der Waals surface area (Å²) >= 11 is 3.43. The van der Waals surface area contributed by atoms with Crippen LogP contribution in [-0.4, -0.2) is 21.0 Å². The number of hydrogen-bond donors (Lipinski definition) is 1. The van der Waals surface area contributed by atoms with Crippen molar-refractivity contribution in [3.8, 4) is 11.3 Å². The van der Waals surface area contributed by atoms with E-state index in [2.05, 4.69) is 25.9 Å². The number of rotatable bonds is 4. The highest BCUT2D eigenvalue weighted by molar-refractivity contribution is 9.10. The molecule has 0 aliphatic rings. The first-order valence-corrected chi connectivity index (χ1v) is 7.08. The maximum atomic E-state index is 10.9. The van der Waals surface area contributed by atoms with Gasteiger partial charge in [-0.05, 0) is 25.1 Å². The quantitative estimate of drug-likeness (QED) is 0.929. The Morgan fingerprint density at radius 2 is 2.10 bits per heavy atom. The average molecular weight is 335 g/mol. The fraction of sp³-hybridized carbons (Fsp3) is 0.267. The standard InChI is InChI=1S/C15H15BrN2O2/c1-9(15(19)20)6-14-17-10(2)7-13(18-14)11-4-3-5-12(16)8-11/h3-5,7-9H,6H2,1-2H3,(H,19,20). The van der Waals surface area contributed by atoms with Crippen LogP contribution in [0.2, 0.25) is 0 Å². The minimum absolute atomic E-state index is 0.331. The minimum Gasteiger partial charge on any atom is -0.481 e. The first-order valence-electron chi connectivity index (χ1n) is 6.29. The van der Waals surface area contributed by atoms with Crippen molar-refractivity contribution in [2.24, 2.45) is 5.92 Å². The second kappa shape index (κ2) is 6.13. The molecule has 5 heteroatoms. The van der Waals surface area contributed by atoms with E-state index < -0.39 is 11.9 Å². The van der Waals surface area contributed by atoms with Crippen LogP contribution in [0.3, 0.4) is 0 Å². The highest BCUT2D eigenvalue weighted by Crippen LogP contribution is 2.22. The fourth-order valence-corrected chi connectivity index (χ4v) is 2.28. The van der Waals surface area contributed by atoms with Crippen molar-refractivity contribution in [1.82, 2.24) is 9.97 Å². The summed E-state index contributed by atoms with van der Waals surface area (Å²) in [5.41, 5.74) is 2.63. The van der Waals surface area contributed by atoms with Crippen molar-refractivity contribution in [3.05, 3.63) is 46.3 Å². The summed E-state index contributed by atoms with van der Waals surface area (Å²) in [5.74, 6) is -0.763. The predicted molar refractivity (Wildman–Crippen MR) is 80.4 cm³/mol. The molecule has 1 N–H and O–H groups in total. The third-order valence-electron chi connectivity index (χ3n) is 2.93. The van der Waals surface area contributed by atoms with Gasteiger partial charge in [0.25, 0.3) is 0 Å². The van der Waals surface area contributed by atoms with E-state index in [0.29, 0.717) is 12.2 Å². The largest absolute Gasteiger partial charge is 0.481 e. The smallest absolute Gasteiger partial charge is 0.306 e. The summed E-state index contributed by atoms with van der Waals surface area (Å²) in [6, 6.07) is 9.74. The monoisotopic (exact) mass is 334 g/mol. The Labute approximate surface area is 126 Å². The van der Waals surface area contributed by atoms with Crippen LogP contribution in [0.15, 0.2) is 34.8 Å². The molecule has 1 heterocycles. The summed E-state index contributed by atoms with van der Waals surface area (Å²) in [5, 5.41) is 8.97. The molecule has 104 valence electrons. The molecule has 0 aliphatic carbocycles. The molecule has 0 saturated carbocycles. The third-order valence-corrected chi connectivity index (χ3v) is 3.42. The molecule has 0 fully saturated rings. The summed E-state index contributed by atoms with van der Waals surface area (Å²) in [4.78, 5) is 19.7. The zero-order valence-electron chi connectivity index (χ0n) is 11.3. The molecule has 0 amide bonds. The minimum atomic E-state index is -0.834. The third kappa shape index (κ3) is 3.63. The lowest BCUT2D eigenvalue weighted by Gasteiger charge is -2.08. The van der Waals surface area contributed by atoms with E-state index >= 15 is 0 Å². The van der Waals surface area contributed by atoms with Crippen LogP contribution < -0.4 is 0 Å². The number of carboxylic acids is 1. The highest BCUT2D eigenvalue weighted by Gasteiger charge is 2.14. The van der Waals surface area contributed by atoms with E-state index in [0.717, 1.165) is 21.4 Å². The van der Waals surface area contributed by atoms with Gasteiger partial charge in [0.1, 0.15) is 5.82 Å². The highest BCUT2D eigenvalue weighted by atomic mass is 79.9. The normalized spacial score (nSPS) is 12.2. The Bertz CT molecular complexity index is 644. The van der Waals surface area contributed by atoms with Gasteiger partial charge in [0.05, 0.1) is 11.6 Å². The van der Waals surface area contributed by atoms with Crippen molar-refractivity contribution in [2.45, 2.75) is 20.3 Å². The molecule has 0 radical (unpaired) electrons. The van der Waals surface area contributed by atoms with Crippen LogP contribution in [0.1, 0.15) is 18.4 Å². The Balaban J connectivity index is 2.36. The number of carbonyl (C=O) groups is 1. The van der Waals surface area contributed by atoms with Gasteiger partial charge in [-0.15, -0.1) is 0 Å². The molecule has 4 nitrogen and oxygen atoms in total. The molecule has 0 bridgehead atoms. The molecule has 1 aromatic heterocycles. The van der Waals surface area contributed by atoms with E-state index in [1.807, 2.05) is 37.3 Å². The second-order valence-electron chi connectivity index (χ2n) is 4.76. The van der Waals surface area contributed by atoms with Gasteiger partial charge in [-0.25, -0.2) is 9.97 Å². The topological polar surface area (TPSA) is 63.1 Å². The number of carboxylic acid groups (broad SMARTS) is 1. The number of aromatic nitrogens is 2. The summed E-state index contributed by atoms with van der Waals surface area (Å²) in [6.07, 6.45) is 0.331. The number of benzene rings is 1. The molecule has 2 aromatic rings. The Hall–Kier alpha value is -1.75. The van der Waals surface area contributed by atoms with E-state index in [9.17, 15) is 4.79 Å². The maximum absolute atomic E-state index is 10.9. The lowest BCUT2D eigenvalue weighted by atomic mass is 10.1. The number of hydrogen-bond acceptors (Lipinski definition) is 3. The zero-order valence-corrected chi connectivity index (χ0v) is 12.9. The molecular weight excluding hydrogens is 320 g/mol. The van der Waals surface area contributed by atoms with Gasteiger partial charge >= 0.3 is 5.97 Å². The first kappa shape index (κ1) is 14.7. The van der Waals surface area contributed by atoms with E-state index in [1.165, 1.54) is 0 Å². The van der Waals surface area contributed by atoms with Crippen LogP contribution >= 0.6 is 15.9 Å². The van der Waals surface area contributed by atoms with Crippen LogP contribution in [0.4, 0.5) is 0 Å². The van der Waals surface area contributed by atoms with Crippen molar-refractivity contribution < 1.29 is 9.90 Å². The summed E-state index contributed by atoms with van der Waals surface area (Å²) in [7, 11) is 0. The maximum Gasteiger partial charge on any atom is 0.306 e. The number of halogens is 1. The Morgan fingerprint density at radius 1 is 1.35 bits per heavy atom. The lowest BCUT2D eigenvalue weighted by molar-refractivity contribution is -0.141. The second-order valence-corrected chi connectivity index (χ2v) is 5.68. The first-order chi connectivity index (χ1) is 9.45. The molecule has 1 aromatic carbocycles. The van der Waals surface area contributed by atoms with Crippen molar-refractivity contribution >= 4 is 21.9 Å². The Morgan fingerprint density at radius 3 is 2.75 bits per heavy atom. The number of aliphatic carboxylic acids is 1. The van der Waals surface area contributed by atoms with Gasteiger partial charge in [0.15, 0.2) is 0 Å². The van der Waals surface area contributed by atoms with E-state index in [-0.39, 0.29) is 0 Å². The molecular formula is C15H15BrN2O2. The van der Waals surface area contributed by atoms with Gasteiger partial charge in [-0.1, -0.05) is 35.0 Å². The van der Waals surface area contributed by atoms with E-state index in [4.69, 9.17) is 5.11 Å². The fourth-order valence-electron chi connectivity index (χ4n) is 1.88. The molecule has 1 atom stereocenters. The van der Waals surface area contributed by atoms with Gasteiger partial charge in [-0.2, -0.15) is 0 Å².